The minimum absolute atomic E-state index is 0.0937. The summed E-state index contributed by atoms with van der Waals surface area (Å²) in [6.45, 7) is 5.07. The van der Waals surface area contributed by atoms with Gasteiger partial charge in [0, 0.05) is 6.54 Å². The van der Waals surface area contributed by atoms with Gasteiger partial charge in [0.1, 0.15) is 0 Å². The van der Waals surface area contributed by atoms with E-state index in [0.717, 1.165) is 19.5 Å². The largest absolute Gasteiger partial charge is 0.394 e. The maximum absolute atomic E-state index is 10.6. The highest BCUT2D eigenvalue weighted by Crippen LogP contribution is 1.80. The second kappa shape index (κ2) is 9.28. The number of carbonyl (C=O) groups is 1. The highest BCUT2D eigenvalue weighted by atomic mass is 32.3. The molecule has 0 unspecified atom stereocenters. The highest BCUT2D eigenvalue weighted by Gasteiger charge is 1.93. The third kappa shape index (κ3) is 29.2. The van der Waals surface area contributed by atoms with E-state index in [4.69, 9.17) is 17.5 Å². The standard InChI is InChI=1S/C8H16N2O.H2O4S/c1-4-8(11)9-6-5-7-10(2)3;1-5(2,3)4/h4H,1,5-7H2,2-3H3,(H,9,11);(H2,1,2,3,4). The number of nitrogens with one attached hydrogen (secondary N) is 1. The van der Waals surface area contributed by atoms with Crippen molar-refractivity contribution in [1.82, 2.24) is 10.2 Å². The summed E-state index contributed by atoms with van der Waals surface area (Å²) in [6, 6.07) is 0. The summed E-state index contributed by atoms with van der Waals surface area (Å²) in [5.74, 6) is -0.0937. The lowest BCUT2D eigenvalue weighted by Gasteiger charge is -2.08. The molecule has 0 saturated heterocycles. The van der Waals surface area contributed by atoms with Crippen LogP contribution in [0.3, 0.4) is 0 Å². The molecule has 0 aliphatic heterocycles. The Morgan fingerprint density at radius 2 is 1.88 bits per heavy atom. The van der Waals surface area contributed by atoms with Crippen LogP contribution in [0.25, 0.3) is 0 Å². The number of rotatable bonds is 5. The van der Waals surface area contributed by atoms with Gasteiger partial charge in [-0.05, 0) is 33.1 Å². The minimum Gasteiger partial charge on any atom is -0.353 e. The Morgan fingerprint density at radius 1 is 1.44 bits per heavy atom. The van der Waals surface area contributed by atoms with Gasteiger partial charge in [0.15, 0.2) is 0 Å². The van der Waals surface area contributed by atoms with Crippen LogP contribution in [0, 0.1) is 0 Å². The number of nitrogens with zero attached hydrogens (tertiary/aromatic N) is 1. The topological polar surface area (TPSA) is 107 Å². The smallest absolute Gasteiger partial charge is 0.353 e. The van der Waals surface area contributed by atoms with E-state index in [0.29, 0.717) is 0 Å². The zero-order chi connectivity index (χ0) is 13.2. The zero-order valence-corrected chi connectivity index (χ0v) is 10.2. The summed E-state index contributed by atoms with van der Waals surface area (Å²) >= 11 is 0. The fourth-order valence-electron chi connectivity index (χ4n) is 0.679. The first-order chi connectivity index (χ1) is 7.16. The van der Waals surface area contributed by atoms with E-state index >= 15 is 0 Å². The molecule has 7 nitrogen and oxygen atoms in total. The third-order valence-corrected chi connectivity index (χ3v) is 1.27. The number of hydrogen-bond acceptors (Lipinski definition) is 4. The molecule has 0 spiro atoms. The number of carbonyl (C=O) groups excluding carboxylic acids is 1. The number of amides is 1. The van der Waals surface area contributed by atoms with Crippen molar-refractivity contribution in [3.05, 3.63) is 12.7 Å². The fraction of sp³-hybridized carbons (Fsp3) is 0.625. The molecule has 8 heteroatoms. The van der Waals surface area contributed by atoms with Crippen molar-refractivity contribution in [1.29, 1.82) is 0 Å². The molecule has 0 aromatic carbocycles. The van der Waals surface area contributed by atoms with Gasteiger partial charge in [0.05, 0.1) is 0 Å². The molecule has 96 valence electrons. The molecule has 0 aliphatic rings. The molecule has 1 amide bonds. The zero-order valence-electron chi connectivity index (χ0n) is 9.38. The summed E-state index contributed by atoms with van der Waals surface area (Å²) in [6.07, 6.45) is 2.27. The Kier molecular flexibility index (Phi) is 10.1. The van der Waals surface area contributed by atoms with Gasteiger partial charge in [-0.15, -0.1) is 0 Å². The van der Waals surface area contributed by atoms with Crippen LogP contribution in [0.4, 0.5) is 0 Å². The Bertz CT molecular complexity index is 292. The van der Waals surface area contributed by atoms with E-state index < -0.39 is 10.4 Å². The molecular formula is C8H18N2O5S. The van der Waals surface area contributed by atoms with Crippen LogP contribution < -0.4 is 5.32 Å². The molecule has 0 aromatic heterocycles. The minimum atomic E-state index is -4.67. The van der Waals surface area contributed by atoms with Gasteiger partial charge in [0.25, 0.3) is 0 Å². The Hall–Kier alpha value is -0.960. The molecule has 0 rings (SSSR count). The molecule has 0 aliphatic carbocycles. The van der Waals surface area contributed by atoms with E-state index in [2.05, 4.69) is 16.8 Å². The lowest BCUT2D eigenvalue weighted by molar-refractivity contribution is -0.116. The second-order valence-electron chi connectivity index (χ2n) is 3.10. The van der Waals surface area contributed by atoms with Crippen LogP contribution in [0.2, 0.25) is 0 Å². The summed E-state index contributed by atoms with van der Waals surface area (Å²) in [5.41, 5.74) is 0. The lowest BCUT2D eigenvalue weighted by atomic mass is 10.4. The van der Waals surface area contributed by atoms with Crippen LogP contribution in [-0.2, 0) is 15.2 Å². The van der Waals surface area contributed by atoms with Crippen LogP contribution >= 0.6 is 0 Å². The normalized spacial score (nSPS) is 10.3. The average Bonchev–Trinajstić information content (AvgIpc) is 2.09. The maximum atomic E-state index is 10.6. The average molecular weight is 254 g/mol. The van der Waals surface area contributed by atoms with Crippen molar-refractivity contribution in [2.45, 2.75) is 6.42 Å². The Morgan fingerprint density at radius 3 is 2.19 bits per heavy atom. The summed E-state index contributed by atoms with van der Waals surface area (Å²) in [7, 11) is -0.648. The van der Waals surface area contributed by atoms with Gasteiger partial charge in [0.2, 0.25) is 5.91 Å². The number of hydrogen-bond donors (Lipinski definition) is 3. The van der Waals surface area contributed by atoms with E-state index in [1.807, 2.05) is 14.1 Å². The van der Waals surface area contributed by atoms with Crippen LogP contribution in [-0.4, -0.2) is 55.5 Å². The summed E-state index contributed by atoms with van der Waals surface area (Å²) < 4.78 is 31.6. The van der Waals surface area contributed by atoms with Crippen LogP contribution in [0.15, 0.2) is 12.7 Å². The molecule has 3 N–H and O–H groups in total. The van der Waals surface area contributed by atoms with Gasteiger partial charge in [-0.3, -0.25) is 13.9 Å². The van der Waals surface area contributed by atoms with E-state index in [-0.39, 0.29) is 5.91 Å². The monoisotopic (exact) mass is 254 g/mol. The fourth-order valence-corrected chi connectivity index (χ4v) is 0.679. The summed E-state index contributed by atoms with van der Waals surface area (Å²) in [5, 5.41) is 2.70. The second-order valence-corrected chi connectivity index (χ2v) is 4.00. The molecular weight excluding hydrogens is 236 g/mol. The third-order valence-electron chi connectivity index (χ3n) is 1.27. The van der Waals surface area contributed by atoms with E-state index in [9.17, 15) is 4.79 Å². The Balaban J connectivity index is 0. The highest BCUT2D eigenvalue weighted by molar-refractivity contribution is 7.79. The molecule has 0 aromatic rings. The van der Waals surface area contributed by atoms with Gasteiger partial charge < -0.3 is 10.2 Å². The van der Waals surface area contributed by atoms with Crippen LogP contribution in [0.1, 0.15) is 6.42 Å². The molecule has 0 fully saturated rings. The molecule has 16 heavy (non-hydrogen) atoms. The van der Waals surface area contributed by atoms with Gasteiger partial charge in [-0.1, -0.05) is 6.58 Å². The maximum Gasteiger partial charge on any atom is 0.394 e. The predicted octanol–water partition coefficient (Wildman–Crippen LogP) is -0.412. The molecule has 0 saturated carbocycles. The van der Waals surface area contributed by atoms with Crippen molar-refractivity contribution >= 4 is 16.3 Å². The van der Waals surface area contributed by atoms with Crippen molar-refractivity contribution < 1.29 is 22.3 Å². The van der Waals surface area contributed by atoms with E-state index in [1.54, 1.807) is 0 Å². The predicted molar refractivity (Wildman–Crippen MR) is 60.6 cm³/mol. The van der Waals surface area contributed by atoms with Crippen molar-refractivity contribution in [3.63, 3.8) is 0 Å². The first-order valence-corrected chi connectivity index (χ1v) is 5.81. The molecule has 0 radical (unpaired) electrons. The van der Waals surface area contributed by atoms with Crippen LogP contribution in [0.5, 0.6) is 0 Å². The molecule has 0 bridgehead atoms. The molecule has 0 heterocycles. The van der Waals surface area contributed by atoms with E-state index in [1.165, 1.54) is 6.08 Å². The SMILES string of the molecule is C=CC(=O)NCCCN(C)C.O=S(=O)(O)O. The van der Waals surface area contributed by atoms with Crippen molar-refractivity contribution in [2.75, 3.05) is 27.2 Å². The van der Waals surface area contributed by atoms with Gasteiger partial charge in [-0.25, -0.2) is 0 Å². The van der Waals surface area contributed by atoms with Gasteiger partial charge >= 0.3 is 10.4 Å². The molecule has 0 atom stereocenters. The lowest BCUT2D eigenvalue weighted by Crippen LogP contribution is -2.25. The van der Waals surface area contributed by atoms with Gasteiger partial charge in [-0.2, -0.15) is 8.42 Å². The first kappa shape index (κ1) is 17.4. The Labute approximate surface area is 95.7 Å². The quantitative estimate of drug-likeness (QED) is 0.350. The van der Waals surface area contributed by atoms with Crippen molar-refractivity contribution in [3.8, 4) is 0 Å². The van der Waals surface area contributed by atoms with Crippen molar-refractivity contribution in [2.24, 2.45) is 0 Å². The first-order valence-electron chi connectivity index (χ1n) is 4.41. The summed E-state index contributed by atoms with van der Waals surface area (Å²) in [4.78, 5) is 12.7.